The Balaban J connectivity index is 2.58. The second-order valence-corrected chi connectivity index (χ2v) is 4.09. The molecule has 0 aromatic carbocycles. The minimum absolute atomic E-state index is 0.722. The van der Waals surface area contributed by atoms with Crippen molar-refractivity contribution in [2.75, 3.05) is 12.4 Å². The van der Waals surface area contributed by atoms with E-state index in [2.05, 4.69) is 24.1 Å². The molecule has 1 rings (SSSR count). The van der Waals surface area contributed by atoms with E-state index in [1.54, 1.807) is 11.3 Å². The highest BCUT2D eigenvalue weighted by atomic mass is 32.1. The summed E-state index contributed by atoms with van der Waals surface area (Å²) in [6.45, 7) is 4.44. The Morgan fingerprint density at radius 2 is 2.36 bits per heavy atom. The van der Waals surface area contributed by atoms with Gasteiger partial charge >= 0.3 is 0 Å². The zero-order valence-electron chi connectivity index (χ0n) is 7.22. The maximum absolute atomic E-state index is 4.20. The van der Waals surface area contributed by atoms with E-state index in [1.165, 1.54) is 4.88 Å². The minimum atomic E-state index is 0.722. The molecule has 0 radical (unpaired) electrons. The first kappa shape index (κ1) is 8.53. The van der Waals surface area contributed by atoms with Crippen LogP contribution >= 0.6 is 11.3 Å². The van der Waals surface area contributed by atoms with Crippen LogP contribution in [0.2, 0.25) is 0 Å². The van der Waals surface area contributed by atoms with E-state index in [1.807, 2.05) is 13.2 Å². The number of rotatable bonds is 3. The van der Waals surface area contributed by atoms with Crippen molar-refractivity contribution in [3.8, 4) is 0 Å². The molecular formula is C8H14N2S. The molecule has 0 amide bonds. The van der Waals surface area contributed by atoms with Crippen LogP contribution in [0.25, 0.3) is 0 Å². The van der Waals surface area contributed by atoms with Crippen molar-refractivity contribution in [2.24, 2.45) is 5.92 Å². The summed E-state index contributed by atoms with van der Waals surface area (Å²) in [6.07, 6.45) is 3.09. The van der Waals surface area contributed by atoms with Gasteiger partial charge in [0.2, 0.25) is 0 Å². The summed E-state index contributed by atoms with van der Waals surface area (Å²) >= 11 is 1.74. The lowest BCUT2D eigenvalue weighted by Gasteiger charge is -1.98. The first-order chi connectivity index (χ1) is 5.22. The molecule has 2 nitrogen and oxygen atoms in total. The van der Waals surface area contributed by atoms with Gasteiger partial charge in [0.1, 0.15) is 0 Å². The van der Waals surface area contributed by atoms with Gasteiger partial charge in [0.05, 0.1) is 0 Å². The van der Waals surface area contributed by atoms with E-state index >= 15 is 0 Å². The smallest absolute Gasteiger partial charge is 0.182 e. The van der Waals surface area contributed by atoms with Crippen LogP contribution in [0.15, 0.2) is 6.20 Å². The van der Waals surface area contributed by atoms with Crippen LogP contribution in [0.1, 0.15) is 18.7 Å². The topological polar surface area (TPSA) is 24.9 Å². The second-order valence-electron chi connectivity index (χ2n) is 2.98. The lowest BCUT2D eigenvalue weighted by atomic mass is 10.1. The summed E-state index contributed by atoms with van der Waals surface area (Å²) in [7, 11) is 1.90. The van der Waals surface area contributed by atoms with Crippen LogP contribution in [0.4, 0.5) is 5.13 Å². The van der Waals surface area contributed by atoms with Gasteiger partial charge in [-0.05, 0) is 12.3 Å². The van der Waals surface area contributed by atoms with Crippen LogP contribution in [0.5, 0.6) is 0 Å². The van der Waals surface area contributed by atoms with Crippen molar-refractivity contribution < 1.29 is 0 Å². The SMILES string of the molecule is CNc1ncc(CC(C)C)s1. The molecule has 0 aliphatic carbocycles. The molecule has 11 heavy (non-hydrogen) atoms. The third-order valence-electron chi connectivity index (χ3n) is 1.38. The molecule has 0 aliphatic heterocycles. The van der Waals surface area contributed by atoms with Gasteiger partial charge in [-0.2, -0.15) is 0 Å². The average Bonchev–Trinajstić information content (AvgIpc) is 2.34. The number of hydrogen-bond acceptors (Lipinski definition) is 3. The minimum Gasteiger partial charge on any atom is -0.365 e. The Labute approximate surface area is 71.7 Å². The van der Waals surface area contributed by atoms with Gasteiger partial charge in [-0.1, -0.05) is 13.8 Å². The molecule has 0 unspecified atom stereocenters. The highest BCUT2D eigenvalue weighted by Crippen LogP contribution is 2.19. The number of hydrogen-bond donors (Lipinski definition) is 1. The second kappa shape index (κ2) is 3.72. The average molecular weight is 170 g/mol. The monoisotopic (exact) mass is 170 g/mol. The van der Waals surface area contributed by atoms with Gasteiger partial charge in [-0.15, -0.1) is 11.3 Å². The summed E-state index contributed by atoms with van der Waals surface area (Å²) in [5, 5.41) is 4.04. The Hall–Kier alpha value is -0.570. The van der Waals surface area contributed by atoms with E-state index in [-0.39, 0.29) is 0 Å². The van der Waals surface area contributed by atoms with Crippen molar-refractivity contribution in [1.82, 2.24) is 4.98 Å². The van der Waals surface area contributed by atoms with Crippen molar-refractivity contribution >= 4 is 16.5 Å². The number of nitrogens with one attached hydrogen (secondary N) is 1. The zero-order valence-corrected chi connectivity index (χ0v) is 8.03. The Morgan fingerprint density at radius 1 is 1.64 bits per heavy atom. The summed E-state index contributed by atoms with van der Waals surface area (Å²) in [4.78, 5) is 5.56. The fourth-order valence-electron chi connectivity index (χ4n) is 0.920. The van der Waals surface area contributed by atoms with Crippen molar-refractivity contribution in [1.29, 1.82) is 0 Å². The normalized spacial score (nSPS) is 10.5. The van der Waals surface area contributed by atoms with E-state index in [0.29, 0.717) is 0 Å². The third-order valence-corrected chi connectivity index (χ3v) is 2.41. The van der Waals surface area contributed by atoms with Gasteiger partial charge in [-0.25, -0.2) is 4.98 Å². The fourth-order valence-corrected chi connectivity index (χ4v) is 1.90. The Kier molecular flexibility index (Phi) is 2.88. The molecule has 0 spiro atoms. The van der Waals surface area contributed by atoms with Gasteiger partial charge in [-0.3, -0.25) is 0 Å². The molecule has 1 heterocycles. The van der Waals surface area contributed by atoms with Gasteiger partial charge in [0.25, 0.3) is 0 Å². The molecule has 1 N–H and O–H groups in total. The molecule has 0 fully saturated rings. The first-order valence-electron chi connectivity index (χ1n) is 3.85. The highest BCUT2D eigenvalue weighted by Gasteiger charge is 2.01. The van der Waals surface area contributed by atoms with Gasteiger partial charge in [0.15, 0.2) is 5.13 Å². The van der Waals surface area contributed by atoms with Crippen LogP contribution in [-0.4, -0.2) is 12.0 Å². The van der Waals surface area contributed by atoms with Crippen LogP contribution in [0.3, 0.4) is 0 Å². The molecule has 0 saturated carbocycles. The molecule has 0 saturated heterocycles. The molecule has 3 heteroatoms. The lowest BCUT2D eigenvalue weighted by Crippen LogP contribution is -1.89. The van der Waals surface area contributed by atoms with Crippen LogP contribution in [-0.2, 0) is 6.42 Å². The Bertz CT molecular complexity index is 218. The summed E-state index contributed by atoms with van der Waals surface area (Å²) < 4.78 is 0. The predicted octanol–water partition coefficient (Wildman–Crippen LogP) is 2.38. The Morgan fingerprint density at radius 3 is 2.82 bits per heavy atom. The molecule has 0 bridgehead atoms. The summed E-state index contributed by atoms with van der Waals surface area (Å²) in [5.41, 5.74) is 0. The van der Waals surface area contributed by atoms with Gasteiger partial charge in [0, 0.05) is 18.1 Å². The number of aromatic nitrogens is 1. The lowest BCUT2D eigenvalue weighted by molar-refractivity contribution is 0.653. The van der Waals surface area contributed by atoms with E-state index in [9.17, 15) is 0 Å². The molecule has 1 aromatic rings. The van der Waals surface area contributed by atoms with Crippen LogP contribution < -0.4 is 5.32 Å². The largest absolute Gasteiger partial charge is 0.365 e. The number of anilines is 1. The van der Waals surface area contributed by atoms with Crippen LogP contribution in [0, 0.1) is 5.92 Å². The summed E-state index contributed by atoms with van der Waals surface area (Å²) in [5.74, 6) is 0.722. The molecule has 1 aromatic heterocycles. The molecule has 62 valence electrons. The number of thiazole rings is 1. The maximum Gasteiger partial charge on any atom is 0.182 e. The van der Waals surface area contributed by atoms with E-state index in [0.717, 1.165) is 17.5 Å². The van der Waals surface area contributed by atoms with E-state index < -0.39 is 0 Å². The third kappa shape index (κ3) is 2.50. The fraction of sp³-hybridized carbons (Fsp3) is 0.625. The molecule has 0 aliphatic rings. The molecular weight excluding hydrogens is 156 g/mol. The quantitative estimate of drug-likeness (QED) is 0.753. The zero-order chi connectivity index (χ0) is 8.27. The predicted molar refractivity (Wildman–Crippen MR) is 50.2 cm³/mol. The first-order valence-corrected chi connectivity index (χ1v) is 4.66. The van der Waals surface area contributed by atoms with Crippen molar-refractivity contribution in [2.45, 2.75) is 20.3 Å². The maximum atomic E-state index is 4.20. The number of nitrogens with zero attached hydrogens (tertiary/aromatic N) is 1. The van der Waals surface area contributed by atoms with E-state index in [4.69, 9.17) is 0 Å². The summed E-state index contributed by atoms with van der Waals surface area (Å²) in [6, 6.07) is 0. The van der Waals surface area contributed by atoms with Gasteiger partial charge < -0.3 is 5.32 Å². The molecule has 0 atom stereocenters. The van der Waals surface area contributed by atoms with Crippen molar-refractivity contribution in [3.63, 3.8) is 0 Å². The standard InChI is InChI=1S/C8H14N2S/c1-6(2)4-7-5-10-8(9-3)11-7/h5-6H,4H2,1-3H3,(H,9,10). The highest BCUT2D eigenvalue weighted by molar-refractivity contribution is 7.15. The van der Waals surface area contributed by atoms with Crippen molar-refractivity contribution in [3.05, 3.63) is 11.1 Å².